The third-order valence-corrected chi connectivity index (χ3v) is 7.23. The number of halogens is 1. The van der Waals surface area contributed by atoms with E-state index in [4.69, 9.17) is 4.74 Å². The number of nitrogens with one attached hydrogen (secondary N) is 1. The lowest BCUT2D eigenvalue weighted by Gasteiger charge is -2.20. The molecule has 0 bridgehead atoms. The van der Waals surface area contributed by atoms with Gasteiger partial charge < -0.3 is 10.1 Å². The lowest BCUT2D eigenvalue weighted by atomic mass is 10.2. The fourth-order valence-electron chi connectivity index (χ4n) is 3.54. The van der Waals surface area contributed by atoms with Gasteiger partial charge in [-0.05, 0) is 56.3 Å². The molecule has 1 saturated heterocycles. The van der Waals surface area contributed by atoms with Crippen molar-refractivity contribution in [2.24, 2.45) is 0 Å². The van der Waals surface area contributed by atoms with E-state index in [0.717, 1.165) is 25.7 Å². The maximum atomic E-state index is 13.5. The van der Waals surface area contributed by atoms with E-state index in [1.807, 2.05) is 0 Å². The lowest BCUT2D eigenvalue weighted by molar-refractivity contribution is -0.117. The van der Waals surface area contributed by atoms with E-state index in [0.29, 0.717) is 25.3 Å². The highest BCUT2D eigenvalue weighted by Crippen LogP contribution is 2.22. The van der Waals surface area contributed by atoms with Crippen LogP contribution in [0.15, 0.2) is 53.4 Å². The molecule has 0 aliphatic carbocycles. The van der Waals surface area contributed by atoms with Gasteiger partial charge in [0.05, 0.1) is 11.4 Å². The van der Waals surface area contributed by atoms with Gasteiger partial charge in [-0.2, -0.15) is 4.31 Å². The SMILES string of the molecule is CN(CCOc1ccccc1F)CC(=O)Nc1ccc(S(=O)(=O)N2CCCCCC2)cc1. The predicted molar refractivity (Wildman–Crippen MR) is 122 cm³/mol. The molecule has 9 heteroatoms. The highest BCUT2D eigenvalue weighted by molar-refractivity contribution is 7.89. The molecular formula is C23H30FN3O4S. The Labute approximate surface area is 189 Å². The molecule has 2 aromatic carbocycles. The fourth-order valence-corrected chi connectivity index (χ4v) is 5.06. The summed E-state index contributed by atoms with van der Waals surface area (Å²) < 4.78 is 46.2. The van der Waals surface area contributed by atoms with E-state index in [2.05, 4.69) is 5.32 Å². The third-order valence-electron chi connectivity index (χ3n) is 5.32. The number of amides is 1. The van der Waals surface area contributed by atoms with E-state index >= 15 is 0 Å². The average molecular weight is 464 g/mol. The minimum atomic E-state index is -3.51. The van der Waals surface area contributed by atoms with E-state index in [9.17, 15) is 17.6 Å². The van der Waals surface area contributed by atoms with Gasteiger partial charge in [-0.1, -0.05) is 25.0 Å². The second-order valence-corrected chi connectivity index (χ2v) is 9.85. The number of benzene rings is 2. The molecule has 174 valence electrons. The number of nitrogens with zero attached hydrogens (tertiary/aromatic N) is 2. The third kappa shape index (κ3) is 6.75. The zero-order chi connectivity index (χ0) is 23.0. The number of hydrogen-bond donors (Lipinski definition) is 1. The van der Waals surface area contributed by atoms with Gasteiger partial charge in [-0.15, -0.1) is 0 Å². The first-order valence-corrected chi connectivity index (χ1v) is 12.3. The number of likely N-dealkylation sites (N-methyl/N-ethyl adjacent to an activating group) is 1. The molecule has 1 heterocycles. The highest BCUT2D eigenvalue weighted by atomic mass is 32.2. The molecular weight excluding hydrogens is 433 g/mol. The molecule has 1 amide bonds. The molecule has 0 saturated carbocycles. The van der Waals surface area contributed by atoms with Gasteiger partial charge >= 0.3 is 0 Å². The minimum absolute atomic E-state index is 0.120. The van der Waals surface area contributed by atoms with E-state index in [1.54, 1.807) is 46.6 Å². The molecule has 1 fully saturated rings. The number of hydrogen-bond acceptors (Lipinski definition) is 5. The predicted octanol–water partition coefficient (Wildman–Crippen LogP) is 3.34. The number of carbonyl (C=O) groups excluding carboxylic acids is 1. The number of anilines is 1. The molecule has 0 aromatic heterocycles. The summed E-state index contributed by atoms with van der Waals surface area (Å²) in [7, 11) is -1.75. The smallest absolute Gasteiger partial charge is 0.243 e. The molecule has 1 N–H and O–H groups in total. The van der Waals surface area contributed by atoms with Crippen LogP contribution in [0.2, 0.25) is 0 Å². The van der Waals surface area contributed by atoms with Crippen LogP contribution in [0.4, 0.5) is 10.1 Å². The summed E-state index contributed by atoms with van der Waals surface area (Å²) in [5.74, 6) is -0.476. The van der Waals surface area contributed by atoms with Crippen LogP contribution in [0.5, 0.6) is 5.75 Å². The van der Waals surface area contributed by atoms with Gasteiger partial charge in [0, 0.05) is 25.3 Å². The number of carbonyl (C=O) groups is 1. The van der Waals surface area contributed by atoms with E-state index in [1.165, 1.54) is 18.2 Å². The lowest BCUT2D eigenvalue weighted by Crippen LogP contribution is -2.33. The summed E-state index contributed by atoms with van der Waals surface area (Å²) in [5.41, 5.74) is 0.529. The Morgan fingerprint density at radius 2 is 1.72 bits per heavy atom. The van der Waals surface area contributed by atoms with Gasteiger partial charge in [0.1, 0.15) is 6.61 Å². The van der Waals surface area contributed by atoms with Gasteiger partial charge in [-0.25, -0.2) is 12.8 Å². The van der Waals surface area contributed by atoms with Crippen molar-refractivity contribution in [2.75, 3.05) is 45.2 Å². The van der Waals surface area contributed by atoms with E-state index in [-0.39, 0.29) is 29.7 Å². The fraction of sp³-hybridized carbons (Fsp3) is 0.435. The molecule has 0 atom stereocenters. The molecule has 2 aromatic rings. The standard InChI is InChI=1S/C23H30FN3O4S/c1-26(16-17-31-22-9-5-4-8-21(22)24)18-23(28)25-19-10-12-20(13-11-19)32(29,30)27-14-6-2-3-7-15-27/h4-5,8-13H,2-3,6-7,14-18H2,1H3,(H,25,28). The van der Waals surface area contributed by atoms with Crippen molar-refractivity contribution in [3.05, 3.63) is 54.3 Å². The summed E-state index contributed by atoms with van der Waals surface area (Å²) in [4.78, 5) is 14.3. The van der Waals surface area contributed by atoms with Crippen LogP contribution >= 0.6 is 0 Å². The Morgan fingerprint density at radius 1 is 1.06 bits per heavy atom. The first-order chi connectivity index (χ1) is 15.4. The van der Waals surface area contributed by atoms with Gasteiger partial charge in [0.25, 0.3) is 0 Å². The summed E-state index contributed by atoms with van der Waals surface area (Å²) in [6.07, 6.45) is 3.87. The van der Waals surface area contributed by atoms with Gasteiger partial charge in [0.2, 0.25) is 15.9 Å². The normalized spacial score (nSPS) is 15.3. The molecule has 0 spiro atoms. The van der Waals surface area contributed by atoms with Crippen LogP contribution in [0.25, 0.3) is 0 Å². The van der Waals surface area contributed by atoms with Crippen molar-refractivity contribution in [2.45, 2.75) is 30.6 Å². The van der Waals surface area contributed by atoms with Crippen molar-refractivity contribution in [3.8, 4) is 5.75 Å². The summed E-state index contributed by atoms with van der Waals surface area (Å²) in [5, 5.41) is 2.77. The van der Waals surface area contributed by atoms with Crippen LogP contribution in [0.1, 0.15) is 25.7 Å². The molecule has 7 nitrogen and oxygen atoms in total. The number of rotatable bonds is 9. The van der Waals surface area contributed by atoms with Crippen molar-refractivity contribution in [1.29, 1.82) is 0 Å². The summed E-state index contributed by atoms with van der Waals surface area (Å²) in [6.45, 7) is 1.90. The zero-order valence-electron chi connectivity index (χ0n) is 18.3. The largest absolute Gasteiger partial charge is 0.489 e. The van der Waals surface area contributed by atoms with Gasteiger partial charge in [0.15, 0.2) is 11.6 Å². The summed E-state index contributed by atoms with van der Waals surface area (Å²) in [6, 6.07) is 12.4. The minimum Gasteiger partial charge on any atom is -0.489 e. The maximum Gasteiger partial charge on any atom is 0.243 e. The van der Waals surface area contributed by atoms with Crippen LogP contribution in [-0.2, 0) is 14.8 Å². The Balaban J connectivity index is 1.47. The average Bonchev–Trinajstić information content (AvgIpc) is 3.06. The second-order valence-electron chi connectivity index (χ2n) is 7.91. The zero-order valence-corrected chi connectivity index (χ0v) is 19.1. The molecule has 0 unspecified atom stereocenters. The Hall–Kier alpha value is -2.49. The topological polar surface area (TPSA) is 79.0 Å². The highest BCUT2D eigenvalue weighted by Gasteiger charge is 2.25. The number of sulfonamides is 1. The molecule has 1 aliphatic heterocycles. The Morgan fingerprint density at radius 3 is 2.38 bits per heavy atom. The number of ether oxygens (including phenoxy) is 1. The number of para-hydroxylation sites is 1. The van der Waals surface area contributed by atoms with Crippen molar-refractivity contribution in [3.63, 3.8) is 0 Å². The Kier molecular flexibility index (Phi) is 8.60. The van der Waals surface area contributed by atoms with Crippen LogP contribution in [0, 0.1) is 5.82 Å². The molecule has 1 aliphatic rings. The first kappa shape index (κ1) is 24.2. The van der Waals surface area contributed by atoms with Crippen molar-refractivity contribution >= 4 is 21.6 Å². The Bertz CT molecular complexity index is 991. The first-order valence-electron chi connectivity index (χ1n) is 10.8. The van der Waals surface area contributed by atoms with E-state index < -0.39 is 15.8 Å². The monoisotopic (exact) mass is 463 g/mol. The van der Waals surface area contributed by atoms with Crippen LogP contribution in [-0.4, -0.2) is 63.4 Å². The summed E-state index contributed by atoms with van der Waals surface area (Å²) >= 11 is 0. The maximum absolute atomic E-state index is 13.5. The molecule has 3 rings (SSSR count). The van der Waals surface area contributed by atoms with Crippen molar-refractivity contribution in [1.82, 2.24) is 9.21 Å². The van der Waals surface area contributed by atoms with Gasteiger partial charge in [-0.3, -0.25) is 9.69 Å². The quantitative estimate of drug-likeness (QED) is 0.617. The molecule has 0 radical (unpaired) electrons. The molecule has 32 heavy (non-hydrogen) atoms. The van der Waals surface area contributed by atoms with Crippen LogP contribution < -0.4 is 10.1 Å². The second kappa shape index (κ2) is 11.4. The van der Waals surface area contributed by atoms with Crippen LogP contribution in [0.3, 0.4) is 0 Å². The van der Waals surface area contributed by atoms with Crippen molar-refractivity contribution < 1.29 is 22.3 Å².